The van der Waals surface area contributed by atoms with Crippen molar-refractivity contribution in [3.8, 4) is 5.75 Å². The topological polar surface area (TPSA) is 90.9 Å². The Kier molecular flexibility index (Phi) is 4.30. The Labute approximate surface area is 151 Å². The minimum absolute atomic E-state index is 0.0236. The van der Waals surface area contributed by atoms with E-state index < -0.39 is 17.8 Å². The summed E-state index contributed by atoms with van der Waals surface area (Å²) in [5.41, 5.74) is 0.594. The molecule has 0 spiro atoms. The summed E-state index contributed by atoms with van der Waals surface area (Å²) < 4.78 is 15.8. The third-order valence-corrected chi connectivity index (χ3v) is 5.55. The van der Waals surface area contributed by atoms with Crippen molar-refractivity contribution in [2.75, 3.05) is 18.5 Å². The second kappa shape index (κ2) is 6.63. The van der Waals surface area contributed by atoms with Gasteiger partial charge >= 0.3 is 11.9 Å². The molecule has 0 unspecified atom stereocenters. The zero-order valence-electron chi connectivity index (χ0n) is 14.5. The summed E-state index contributed by atoms with van der Waals surface area (Å²) in [7, 11) is 0. The molecule has 1 aromatic rings. The number of esters is 2. The number of anilines is 1. The zero-order valence-corrected chi connectivity index (χ0v) is 14.5. The molecule has 1 aromatic carbocycles. The third kappa shape index (κ3) is 2.91. The van der Waals surface area contributed by atoms with Gasteiger partial charge in [0, 0.05) is 11.6 Å². The van der Waals surface area contributed by atoms with Crippen LogP contribution in [0.1, 0.15) is 19.8 Å². The number of fused-ring (bicyclic) bond motifs is 1. The second-order valence-electron chi connectivity index (χ2n) is 7.04. The molecule has 1 saturated heterocycles. The lowest BCUT2D eigenvalue weighted by Crippen LogP contribution is -2.34. The highest BCUT2D eigenvalue weighted by Gasteiger charge is 2.64. The smallest absolute Gasteiger partial charge is 0.310 e. The molecule has 7 heteroatoms. The first-order chi connectivity index (χ1) is 12.6. The van der Waals surface area contributed by atoms with Gasteiger partial charge in [0.25, 0.3) is 5.91 Å². The summed E-state index contributed by atoms with van der Waals surface area (Å²) >= 11 is 0. The van der Waals surface area contributed by atoms with Crippen molar-refractivity contribution in [2.24, 2.45) is 23.7 Å². The number of benzene rings is 1. The Balaban J connectivity index is 1.29. The quantitative estimate of drug-likeness (QED) is 0.779. The van der Waals surface area contributed by atoms with Crippen molar-refractivity contribution >= 4 is 23.5 Å². The van der Waals surface area contributed by atoms with Gasteiger partial charge in [-0.05, 0) is 49.9 Å². The first-order valence-corrected chi connectivity index (χ1v) is 8.96. The number of nitrogens with one attached hydrogen (secondary N) is 1. The number of rotatable bonds is 6. The lowest BCUT2D eigenvalue weighted by molar-refractivity contribution is -0.157. The molecule has 0 aromatic heterocycles. The fourth-order valence-corrected chi connectivity index (χ4v) is 4.56. The molecule has 1 aliphatic heterocycles. The molecule has 1 N–H and O–H groups in total. The van der Waals surface area contributed by atoms with Crippen LogP contribution in [-0.2, 0) is 23.9 Å². The van der Waals surface area contributed by atoms with Gasteiger partial charge in [0.1, 0.15) is 11.9 Å². The van der Waals surface area contributed by atoms with Crippen LogP contribution in [0.5, 0.6) is 5.75 Å². The molecule has 2 bridgehead atoms. The zero-order chi connectivity index (χ0) is 18.3. The van der Waals surface area contributed by atoms with E-state index in [9.17, 15) is 14.4 Å². The highest BCUT2D eigenvalue weighted by Crippen LogP contribution is 2.57. The van der Waals surface area contributed by atoms with Gasteiger partial charge in [0.15, 0.2) is 6.61 Å². The van der Waals surface area contributed by atoms with E-state index in [0.717, 1.165) is 18.6 Å². The SMILES string of the molecule is CCOc1ccc(NC(=O)COC(=O)[C@@H]2[C@@H]3C[C@H]4[C@@H]2C(=O)O[C@@H]4C3)cc1. The molecule has 7 nitrogen and oxygen atoms in total. The van der Waals surface area contributed by atoms with Crippen LogP contribution in [0.3, 0.4) is 0 Å². The molecule has 3 fully saturated rings. The Bertz CT molecular complexity index is 728. The Morgan fingerprint density at radius 2 is 2.00 bits per heavy atom. The average Bonchev–Trinajstić information content (AvgIpc) is 3.24. The third-order valence-electron chi connectivity index (χ3n) is 5.55. The van der Waals surface area contributed by atoms with Gasteiger partial charge in [-0.2, -0.15) is 0 Å². The van der Waals surface area contributed by atoms with Gasteiger partial charge < -0.3 is 19.5 Å². The number of carbonyl (C=O) groups excluding carboxylic acids is 3. The number of amides is 1. The molecule has 4 rings (SSSR count). The fourth-order valence-electron chi connectivity index (χ4n) is 4.56. The van der Waals surface area contributed by atoms with E-state index in [0.29, 0.717) is 12.3 Å². The Morgan fingerprint density at radius 1 is 1.23 bits per heavy atom. The molecular formula is C19H21NO6. The first kappa shape index (κ1) is 16.9. The molecule has 0 radical (unpaired) electrons. The molecule has 1 heterocycles. The normalized spacial score (nSPS) is 30.8. The van der Waals surface area contributed by atoms with Crippen LogP contribution in [0.4, 0.5) is 5.69 Å². The molecule has 1 amide bonds. The van der Waals surface area contributed by atoms with Crippen LogP contribution in [0.15, 0.2) is 24.3 Å². The molecule has 2 saturated carbocycles. The van der Waals surface area contributed by atoms with E-state index in [2.05, 4.69) is 5.32 Å². The van der Waals surface area contributed by atoms with Crippen molar-refractivity contribution in [1.29, 1.82) is 0 Å². The van der Waals surface area contributed by atoms with Crippen LogP contribution in [0.2, 0.25) is 0 Å². The number of carbonyl (C=O) groups is 3. The highest BCUT2D eigenvalue weighted by molar-refractivity contribution is 5.93. The maximum Gasteiger partial charge on any atom is 0.310 e. The largest absolute Gasteiger partial charge is 0.494 e. The van der Waals surface area contributed by atoms with Crippen molar-refractivity contribution in [2.45, 2.75) is 25.9 Å². The summed E-state index contributed by atoms with van der Waals surface area (Å²) in [5.74, 6) is -1.05. The lowest BCUT2D eigenvalue weighted by atomic mass is 9.80. The molecule has 26 heavy (non-hydrogen) atoms. The van der Waals surface area contributed by atoms with Gasteiger partial charge in [0.05, 0.1) is 18.4 Å². The average molecular weight is 359 g/mol. The van der Waals surface area contributed by atoms with Gasteiger partial charge in [0.2, 0.25) is 0 Å². The van der Waals surface area contributed by atoms with Crippen LogP contribution in [-0.4, -0.2) is 37.2 Å². The van der Waals surface area contributed by atoms with Crippen LogP contribution < -0.4 is 10.1 Å². The monoisotopic (exact) mass is 359 g/mol. The predicted molar refractivity (Wildman–Crippen MR) is 90.3 cm³/mol. The van der Waals surface area contributed by atoms with Crippen LogP contribution in [0, 0.1) is 23.7 Å². The number of hydrogen-bond donors (Lipinski definition) is 1. The van der Waals surface area contributed by atoms with Crippen LogP contribution in [0.25, 0.3) is 0 Å². The van der Waals surface area contributed by atoms with Gasteiger partial charge in [-0.3, -0.25) is 14.4 Å². The van der Waals surface area contributed by atoms with Crippen molar-refractivity contribution < 1.29 is 28.6 Å². The lowest BCUT2D eigenvalue weighted by Gasteiger charge is -2.22. The minimum Gasteiger partial charge on any atom is -0.494 e. The van der Waals surface area contributed by atoms with E-state index in [4.69, 9.17) is 14.2 Å². The van der Waals surface area contributed by atoms with Gasteiger partial charge in [-0.1, -0.05) is 0 Å². The molecule has 2 aliphatic carbocycles. The van der Waals surface area contributed by atoms with E-state index in [-0.39, 0.29) is 36.4 Å². The van der Waals surface area contributed by atoms with Crippen molar-refractivity contribution in [3.05, 3.63) is 24.3 Å². The molecule has 138 valence electrons. The summed E-state index contributed by atoms with van der Waals surface area (Å²) in [4.78, 5) is 36.4. The van der Waals surface area contributed by atoms with E-state index in [1.54, 1.807) is 24.3 Å². The standard InChI is InChI=1S/C19H21NO6/c1-2-24-12-5-3-11(4-6-12)20-15(21)9-25-18(22)16-10-7-13-14(8-10)26-19(23)17(13)16/h3-6,10,13-14,16-17H,2,7-9H2,1H3,(H,20,21)/t10-,13-,14-,16-,17+/m1/s1. The van der Waals surface area contributed by atoms with Gasteiger partial charge in [-0.15, -0.1) is 0 Å². The molecule has 3 aliphatic rings. The van der Waals surface area contributed by atoms with E-state index >= 15 is 0 Å². The summed E-state index contributed by atoms with van der Waals surface area (Å²) in [6.07, 6.45) is 1.54. The van der Waals surface area contributed by atoms with Crippen LogP contribution >= 0.6 is 0 Å². The van der Waals surface area contributed by atoms with E-state index in [1.165, 1.54) is 0 Å². The van der Waals surface area contributed by atoms with Gasteiger partial charge in [-0.25, -0.2) is 0 Å². The Hall–Kier alpha value is -2.57. The molecule has 5 atom stereocenters. The maximum absolute atomic E-state index is 12.4. The predicted octanol–water partition coefficient (Wildman–Crippen LogP) is 1.76. The fraction of sp³-hybridized carbons (Fsp3) is 0.526. The number of ether oxygens (including phenoxy) is 3. The highest BCUT2D eigenvalue weighted by atomic mass is 16.6. The minimum atomic E-state index is -0.471. The maximum atomic E-state index is 12.4. The second-order valence-corrected chi connectivity index (χ2v) is 7.04. The summed E-state index contributed by atoms with van der Waals surface area (Å²) in [5, 5.41) is 2.67. The van der Waals surface area contributed by atoms with Crippen molar-refractivity contribution in [1.82, 2.24) is 0 Å². The summed E-state index contributed by atoms with van der Waals surface area (Å²) in [6, 6.07) is 6.94. The summed E-state index contributed by atoms with van der Waals surface area (Å²) in [6.45, 7) is 2.09. The number of hydrogen-bond acceptors (Lipinski definition) is 6. The van der Waals surface area contributed by atoms with Crippen molar-refractivity contribution in [3.63, 3.8) is 0 Å². The Morgan fingerprint density at radius 3 is 2.73 bits per heavy atom. The first-order valence-electron chi connectivity index (χ1n) is 8.96. The van der Waals surface area contributed by atoms with E-state index in [1.807, 2.05) is 6.92 Å². The molecular weight excluding hydrogens is 338 g/mol.